The van der Waals surface area contributed by atoms with Crippen molar-refractivity contribution in [1.82, 2.24) is 0 Å². The highest BCUT2D eigenvalue weighted by molar-refractivity contribution is 6.34. The van der Waals surface area contributed by atoms with Crippen LogP contribution >= 0.6 is 23.2 Å². The lowest BCUT2D eigenvalue weighted by Crippen LogP contribution is -2.04. The first-order valence-corrected chi connectivity index (χ1v) is 6.67. The van der Waals surface area contributed by atoms with E-state index in [2.05, 4.69) is 0 Å². The van der Waals surface area contributed by atoms with Crippen molar-refractivity contribution >= 4 is 23.2 Å². The van der Waals surface area contributed by atoms with Crippen LogP contribution in [0.1, 0.15) is 18.5 Å². The molecule has 0 aliphatic carbocycles. The van der Waals surface area contributed by atoms with Gasteiger partial charge in [0.1, 0.15) is 5.75 Å². The van der Waals surface area contributed by atoms with Crippen molar-refractivity contribution in [3.8, 4) is 16.9 Å². The highest BCUT2D eigenvalue weighted by Gasteiger charge is 2.09. The van der Waals surface area contributed by atoms with Gasteiger partial charge in [0, 0.05) is 16.6 Å². The highest BCUT2D eigenvalue weighted by Crippen LogP contribution is 2.34. The molecule has 2 nitrogen and oxygen atoms in total. The summed E-state index contributed by atoms with van der Waals surface area (Å²) in [7, 11) is 1.59. The molecule has 0 aliphatic rings. The maximum Gasteiger partial charge on any atom is 0.137 e. The van der Waals surface area contributed by atoms with Crippen molar-refractivity contribution in [1.29, 1.82) is 0 Å². The second-order valence-corrected chi connectivity index (χ2v) is 5.19. The maximum atomic E-state index is 6.25. The smallest absolute Gasteiger partial charge is 0.137 e. The normalized spacial score (nSPS) is 12.3. The van der Waals surface area contributed by atoms with Gasteiger partial charge >= 0.3 is 0 Å². The van der Waals surface area contributed by atoms with Crippen LogP contribution in [-0.2, 0) is 0 Å². The van der Waals surface area contributed by atoms with Gasteiger partial charge in [0.05, 0.1) is 12.1 Å². The second-order valence-electron chi connectivity index (χ2n) is 4.38. The van der Waals surface area contributed by atoms with Crippen molar-refractivity contribution in [2.75, 3.05) is 7.11 Å². The molecule has 0 saturated heterocycles. The van der Waals surface area contributed by atoms with E-state index in [4.69, 9.17) is 33.7 Å². The van der Waals surface area contributed by atoms with E-state index in [-0.39, 0.29) is 6.04 Å². The summed E-state index contributed by atoms with van der Waals surface area (Å²) in [5.74, 6) is 0.643. The molecular formula is C15H15Cl2NO. The lowest BCUT2D eigenvalue weighted by Gasteiger charge is -2.12. The van der Waals surface area contributed by atoms with Crippen LogP contribution in [0.2, 0.25) is 10.0 Å². The van der Waals surface area contributed by atoms with Crippen molar-refractivity contribution in [3.05, 3.63) is 52.0 Å². The van der Waals surface area contributed by atoms with E-state index in [1.54, 1.807) is 7.11 Å². The number of nitrogens with two attached hydrogens (primary N) is 1. The molecule has 1 atom stereocenters. The van der Waals surface area contributed by atoms with E-state index >= 15 is 0 Å². The summed E-state index contributed by atoms with van der Waals surface area (Å²) in [4.78, 5) is 0. The van der Waals surface area contributed by atoms with Crippen molar-refractivity contribution in [3.63, 3.8) is 0 Å². The average Bonchev–Trinajstić information content (AvgIpc) is 2.38. The van der Waals surface area contributed by atoms with Crippen LogP contribution in [0.3, 0.4) is 0 Å². The molecule has 4 heteroatoms. The molecule has 2 aromatic carbocycles. The Morgan fingerprint density at radius 3 is 2.37 bits per heavy atom. The minimum absolute atomic E-state index is 0.0373. The zero-order chi connectivity index (χ0) is 14.0. The highest BCUT2D eigenvalue weighted by atomic mass is 35.5. The molecule has 19 heavy (non-hydrogen) atoms. The van der Waals surface area contributed by atoms with Crippen LogP contribution in [0.15, 0.2) is 36.4 Å². The Morgan fingerprint density at radius 1 is 1.05 bits per heavy atom. The molecule has 0 aliphatic heterocycles. The van der Waals surface area contributed by atoms with Gasteiger partial charge in [-0.05, 0) is 42.3 Å². The Labute approximate surface area is 123 Å². The fourth-order valence-electron chi connectivity index (χ4n) is 1.88. The summed E-state index contributed by atoms with van der Waals surface area (Å²) in [5.41, 5.74) is 8.79. The van der Waals surface area contributed by atoms with E-state index < -0.39 is 0 Å². The average molecular weight is 296 g/mol. The largest absolute Gasteiger partial charge is 0.495 e. The number of benzene rings is 2. The predicted molar refractivity (Wildman–Crippen MR) is 81.1 cm³/mol. The lowest BCUT2D eigenvalue weighted by molar-refractivity contribution is 0.415. The summed E-state index contributed by atoms with van der Waals surface area (Å²) in [6.07, 6.45) is 0. The van der Waals surface area contributed by atoms with Gasteiger partial charge < -0.3 is 10.5 Å². The number of methoxy groups -OCH3 is 1. The third-order valence-electron chi connectivity index (χ3n) is 2.98. The van der Waals surface area contributed by atoms with Crippen molar-refractivity contribution < 1.29 is 4.74 Å². The molecular weight excluding hydrogens is 281 g/mol. The Balaban J connectivity index is 2.51. The molecule has 0 heterocycles. The molecule has 0 bridgehead atoms. The number of ether oxygens (including phenoxy) is 1. The molecule has 0 aromatic heterocycles. The Hall–Kier alpha value is -1.22. The summed E-state index contributed by atoms with van der Waals surface area (Å²) >= 11 is 12.4. The van der Waals surface area contributed by atoms with E-state index in [0.29, 0.717) is 15.8 Å². The first-order chi connectivity index (χ1) is 9.02. The molecule has 2 rings (SSSR count). The van der Waals surface area contributed by atoms with Gasteiger partial charge in [0.25, 0.3) is 0 Å². The van der Waals surface area contributed by atoms with E-state index in [1.807, 2.05) is 43.3 Å². The minimum Gasteiger partial charge on any atom is -0.495 e. The van der Waals surface area contributed by atoms with Gasteiger partial charge in [-0.3, -0.25) is 0 Å². The standard InChI is InChI=1S/C15H15Cl2NO/c1-9(18)10-3-5-13(16)12(7-10)11-4-6-15(19-2)14(17)8-11/h3-9H,18H2,1-2H3. The molecule has 0 saturated carbocycles. The van der Waals surface area contributed by atoms with Crippen LogP contribution in [0.4, 0.5) is 0 Å². The number of hydrogen-bond donors (Lipinski definition) is 1. The minimum atomic E-state index is -0.0373. The molecule has 100 valence electrons. The van der Waals surface area contributed by atoms with Gasteiger partial charge in [0.2, 0.25) is 0 Å². The molecule has 0 amide bonds. The van der Waals surface area contributed by atoms with Crippen LogP contribution in [0, 0.1) is 0 Å². The quantitative estimate of drug-likeness (QED) is 0.891. The first-order valence-electron chi connectivity index (χ1n) is 5.92. The van der Waals surface area contributed by atoms with Gasteiger partial charge in [-0.2, -0.15) is 0 Å². The van der Waals surface area contributed by atoms with Gasteiger partial charge in [0.15, 0.2) is 0 Å². The van der Waals surface area contributed by atoms with Crippen LogP contribution in [0.5, 0.6) is 5.75 Å². The van der Waals surface area contributed by atoms with Crippen LogP contribution < -0.4 is 10.5 Å². The van der Waals surface area contributed by atoms with E-state index in [0.717, 1.165) is 16.7 Å². The Bertz CT molecular complexity index is 597. The van der Waals surface area contributed by atoms with Gasteiger partial charge in [-0.25, -0.2) is 0 Å². The fourth-order valence-corrected chi connectivity index (χ4v) is 2.37. The number of hydrogen-bond acceptors (Lipinski definition) is 2. The van der Waals surface area contributed by atoms with Gasteiger partial charge in [-0.1, -0.05) is 35.3 Å². The number of rotatable bonds is 3. The van der Waals surface area contributed by atoms with E-state index in [9.17, 15) is 0 Å². The molecule has 1 unspecified atom stereocenters. The zero-order valence-corrected chi connectivity index (χ0v) is 12.3. The molecule has 0 radical (unpaired) electrons. The molecule has 2 N–H and O–H groups in total. The maximum absolute atomic E-state index is 6.25. The molecule has 0 spiro atoms. The van der Waals surface area contributed by atoms with Crippen LogP contribution in [0.25, 0.3) is 11.1 Å². The van der Waals surface area contributed by atoms with Crippen molar-refractivity contribution in [2.45, 2.75) is 13.0 Å². The first kappa shape index (κ1) is 14.2. The number of halogens is 2. The summed E-state index contributed by atoms with van der Waals surface area (Å²) in [6, 6.07) is 11.3. The van der Waals surface area contributed by atoms with E-state index in [1.165, 1.54) is 0 Å². The van der Waals surface area contributed by atoms with Crippen LogP contribution in [-0.4, -0.2) is 7.11 Å². The summed E-state index contributed by atoms with van der Waals surface area (Å²) < 4.78 is 5.14. The summed E-state index contributed by atoms with van der Waals surface area (Å²) in [5, 5.41) is 1.23. The Morgan fingerprint density at radius 2 is 1.79 bits per heavy atom. The molecule has 0 fully saturated rings. The summed E-state index contributed by atoms with van der Waals surface area (Å²) in [6.45, 7) is 1.94. The SMILES string of the molecule is COc1ccc(-c2cc(C(C)N)ccc2Cl)cc1Cl. The lowest BCUT2D eigenvalue weighted by atomic mass is 10.0. The molecule has 2 aromatic rings. The fraction of sp³-hybridized carbons (Fsp3) is 0.200. The predicted octanol–water partition coefficient (Wildman–Crippen LogP) is 4.69. The topological polar surface area (TPSA) is 35.2 Å². The monoisotopic (exact) mass is 295 g/mol. The second kappa shape index (κ2) is 5.83. The van der Waals surface area contributed by atoms with Crippen molar-refractivity contribution in [2.24, 2.45) is 5.73 Å². The Kier molecular flexibility index (Phi) is 4.35. The third kappa shape index (κ3) is 3.03. The zero-order valence-electron chi connectivity index (χ0n) is 10.8. The third-order valence-corrected chi connectivity index (χ3v) is 3.60. The van der Waals surface area contributed by atoms with Gasteiger partial charge in [-0.15, -0.1) is 0 Å².